The number of piperidine rings is 1. The molecule has 1 aromatic carbocycles. The van der Waals surface area contributed by atoms with Crippen LogP contribution in [0.1, 0.15) is 28.8 Å². The Bertz CT molecular complexity index is 537. The van der Waals surface area contributed by atoms with Crippen molar-refractivity contribution in [3.05, 3.63) is 33.8 Å². The maximum absolute atomic E-state index is 12.5. The first kappa shape index (κ1) is 14.8. The maximum Gasteiger partial charge on any atom is 0.255 e. The van der Waals surface area contributed by atoms with E-state index in [1.54, 1.807) is 0 Å². The van der Waals surface area contributed by atoms with Crippen molar-refractivity contribution in [1.29, 1.82) is 0 Å². The third-order valence-electron chi connectivity index (χ3n) is 3.67. The summed E-state index contributed by atoms with van der Waals surface area (Å²) in [4.78, 5) is 14.3. The lowest BCUT2D eigenvalue weighted by molar-refractivity contribution is 0.0708. The lowest BCUT2D eigenvalue weighted by Gasteiger charge is -2.31. The molecule has 5 nitrogen and oxygen atoms in total. The van der Waals surface area contributed by atoms with Gasteiger partial charge in [-0.25, -0.2) is 0 Å². The highest BCUT2D eigenvalue weighted by atomic mass is 79.9. The second-order valence-electron chi connectivity index (χ2n) is 5.07. The molecule has 108 valence electrons. The number of amides is 1. The number of hydrogen-bond acceptors (Lipinski definition) is 3. The van der Waals surface area contributed by atoms with Crippen LogP contribution in [0, 0.1) is 12.8 Å². The normalized spacial score (nSPS) is 17.3. The van der Waals surface area contributed by atoms with Crippen LogP contribution in [0.4, 0.5) is 0 Å². The fraction of sp³-hybridized carbons (Fsp3) is 0.429. The number of carbonyl (C=O) groups is 1. The fourth-order valence-corrected chi connectivity index (χ4v) is 2.85. The SMILES string of the molecule is Cc1ccc(Br)c(C(=O)N2CCC(/C(N)=N/O)CC2)c1. The van der Waals surface area contributed by atoms with E-state index in [1.165, 1.54) is 0 Å². The predicted octanol–water partition coefficient (Wildman–Crippen LogP) is 2.36. The molecule has 20 heavy (non-hydrogen) atoms. The number of nitrogens with zero attached hydrogens (tertiary/aromatic N) is 2. The smallest absolute Gasteiger partial charge is 0.255 e. The third kappa shape index (κ3) is 3.12. The van der Waals surface area contributed by atoms with Gasteiger partial charge in [-0.3, -0.25) is 4.79 Å². The van der Waals surface area contributed by atoms with Crippen molar-refractivity contribution >= 4 is 27.7 Å². The van der Waals surface area contributed by atoms with E-state index >= 15 is 0 Å². The summed E-state index contributed by atoms with van der Waals surface area (Å²) in [5, 5.41) is 11.7. The van der Waals surface area contributed by atoms with Crippen LogP contribution in [0.3, 0.4) is 0 Å². The minimum absolute atomic E-state index is 0.0264. The van der Waals surface area contributed by atoms with Gasteiger partial charge in [0.05, 0.1) is 5.56 Å². The largest absolute Gasteiger partial charge is 0.409 e. The molecular weight excluding hydrogens is 322 g/mol. The number of benzene rings is 1. The van der Waals surface area contributed by atoms with Gasteiger partial charge >= 0.3 is 0 Å². The van der Waals surface area contributed by atoms with Gasteiger partial charge in [-0.2, -0.15) is 0 Å². The Kier molecular flexibility index (Phi) is 4.65. The van der Waals surface area contributed by atoms with Crippen LogP contribution in [0.15, 0.2) is 27.8 Å². The van der Waals surface area contributed by atoms with Crippen LogP contribution >= 0.6 is 15.9 Å². The van der Waals surface area contributed by atoms with E-state index in [0.717, 1.165) is 22.9 Å². The average Bonchev–Trinajstić information content (AvgIpc) is 2.48. The van der Waals surface area contributed by atoms with Crippen LogP contribution in [0.2, 0.25) is 0 Å². The van der Waals surface area contributed by atoms with Crippen molar-refractivity contribution in [3.63, 3.8) is 0 Å². The average molecular weight is 340 g/mol. The van der Waals surface area contributed by atoms with Crippen molar-refractivity contribution in [2.75, 3.05) is 13.1 Å². The third-order valence-corrected chi connectivity index (χ3v) is 4.36. The van der Waals surface area contributed by atoms with E-state index < -0.39 is 0 Å². The highest BCUT2D eigenvalue weighted by Gasteiger charge is 2.26. The van der Waals surface area contributed by atoms with Gasteiger partial charge in [0.2, 0.25) is 0 Å². The van der Waals surface area contributed by atoms with E-state index in [1.807, 2.05) is 30.0 Å². The number of oxime groups is 1. The molecule has 1 saturated heterocycles. The van der Waals surface area contributed by atoms with Crippen LogP contribution in [-0.4, -0.2) is 34.9 Å². The zero-order chi connectivity index (χ0) is 14.7. The zero-order valence-corrected chi connectivity index (χ0v) is 12.9. The molecule has 0 unspecified atom stereocenters. The Morgan fingerprint density at radius 3 is 2.70 bits per heavy atom. The van der Waals surface area contributed by atoms with Crippen molar-refractivity contribution in [2.24, 2.45) is 16.8 Å². The molecule has 1 amide bonds. The number of rotatable bonds is 2. The van der Waals surface area contributed by atoms with Gasteiger partial charge in [0.25, 0.3) is 5.91 Å². The van der Waals surface area contributed by atoms with E-state index in [4.69, 9.17) is 10.9 Å². The summed E-state index contributed by atoms with van der Waals surface area (Å²) in [6.45, 7) is 3.22. The number of carbonyl (C=O) groups excluding carboxylic acids is 1. The number of aryl methyl sites for hydroxylation is 1. The molecule has 1 fully saturated rings. The van der Waals surface area contributed by atoms with Gasteiger partial charge in [-0.05, 0) is 47.8 Å². The number of halogens is 1. The minimum Gasteiger partial charge on any atom is -0.409 e. The van der Waals surface area contributed by atoms with Crippen molar-refractivity contribution in [2.45, 2.75) is 19.8 Å². The predicted molar refractivity (Wildman–Crippen MR) is 80.9 cm³/mol. The summed E-state index contributed by atoms with van der Waals surface area (Å²) in [5.74, 6) is 0.345. The summed E-state index contributed by atoms with van der Waals surface area (Å²) in [6.07, 6.45) is 1.45. The first-order valence-electron chi connectivity index (χ1n) is 6.55. The van der Waals surface area contributed by atoms with Gasteiger partial charge in [-0.15, -0.1) is 0 Å². The summed E-state index contributed by atoms with van der Waals surface area (Å²) < 4.78 is 0.812. The molecule has 2 rings (SSSR count). The lowest BCUT2D eigenvalue weighted by atomic mass is 9.95. The number of hydrogen-bond donors (Lipinski definition) is 2. The Balaban J connectivity index is 2.07. The summed E-state index contributed by atoms with van der Waals surface area (Å²) in [7, 11) is 0. The van der Waals surface area contributed by atoms with Crippen LogP contribution in [0.5, 0.6) is 0 Å². The lowest BCUT2D eigenvalue weighted by Crippen LogP contribution is -2.41. The molecule has 0 aromatic heterocycles. The molecule has 0 spiro atoms. The van der Waals surface area contributed by atoms with E-state index in [9.17, 15) is 4.79 Å². The van der Waals surface area contributed by atoms with E-state index in [2.05, 4.69) is 21.1 Å². The standard InChI is InChI=1S/C14H18BrN3O2/c1-9-2-3-12(15)11(8-9)14(19)18-6-4-10(5-7-18)13(16)17-20/h2-3,8,10,20H,4-7H2,1H3,(H2,16,17). The number of amidine groups is 1. The zero-order valence-electron chi connectivity index (χ0n) is 11.3. The fourth-order valence-electron chi connectivity index (χ4n) is 2.43. The minimum atomic E-state index is 0.0264. The molecule has 0 atom stereocenters. The van der Waals surface area contributed by atoms with Crippen LogP contribution in [0.25, 0.3) is 0 Å². The van der Waals surface area contributed by atoms with Gasteiger partial charge in [0.15, 0.2) is 0 Å². The van der Waals surface area contributed by atoms with Gasteiger partial charge in [0, 0.05) is 23.5 Å². The number of nitrogens with two attached hydrogens (primary N) is 1. The highest BCUT2D eigenvalue weighted by molar-refractivity contribution is 9.10. The molecular formula is C14H18BrN3O2. The van der Waals surface area contributed by atoms with Gasteiger partial charge < -0.3 is 15.8 Å². The summed E-state index contributed by atoms with van der Waals surface area (Å²) in [6, 6.07) is 5.75. The van der Waals surface area contributed by atoms with Crippen LogP contribution < -0.4 is 5.73 Å². The monoisotopic (exact) mass is 339 g/mol. The summed E-state index contributed by atoms with van der Waals surface area (Å²) >= 11 is 3.42. The van der Waals surface area contributed by atoms with Gasteiger partial charge in [-0.1, -0.05) is 16.8 Å². The molecule has 1 aliphatic heterocycles. The van der Waals surface area contributed by atoms with E-state index in [-0.39, 0.29) is 17.7 Å². The Labute approximate surface area is 126 Å². The topological polar surface area (TPSA) is 78.9 Å². The van der Waals surface area contributed by atoms with Crippen molar-refractivity contribution in [3.8, 4) is 0 Å². The first-order chi connectivity index (χ1) is 9.52. The molecule has 1 aliphatic rings. The quantitative estimate of drug-likeness (QED) is 0.375. The van der Waals surface area contributed by atoms with Crippen molar-refractivity contribution in [1.82, 2.24) is 4.90 Å². The molecule has 0 saturated carbocycles. The Morgan fingerprint density at radius 1 is 1.45 bits per heavy atom. The molecule has 6 heteroatoms. The highest BCUT2D eigenvalue weighted by Crippen LogP contribution is 2.23. The first-order valence-corrected chi connectivity index (χ1v) is 7.35. The maximum atomic E-state index is 12.5. The molecule has 0 aliphatic carbocycles. The Hall–Kier alpha value is -1.56. The van der Waals surface area contributed by atoms with Crippen molar-refractivity contribution < 1.29 is 10.0 Å². The number of likely N-dealkylation sites (tertiary alicyclic amines) is 1. The van der Waals surface area contributed by atoms with Crippen LogP contribution in [-0.2, 0) is 0 Å². The van der Waals surface area contributed by atoms with Gasteiger partial charge in [0.1, 0.15) is 5.84 Å². The second-order valence-corrected chi connectivity index (χ2v) is 5.93. The molecule has 3 N–H and O–H groups in total. The van der Waals surface area contributed by atoms with E-state index in [0.29, 0.717) is 18.7 Å². The summed E-state index contributed by atoms with van der Waals surface area (Å²) in [5.41, 5.74) is 7.36. The molecule has 0 radical (unpaired) electrons. The second kappa shape index (κ2) is 6.26. The molecule has 1 aromatic rings. The Morgan fingerprint density at radius 2 is 2.10 bits per heavy atom. The molecule has 0 bridgehead atoms. The molecule has 1 heterocycles.